The number of carbonyl (C=O) groups excluding carboxylic acids is 2. The summed E-state index contributed by atoms with van der Waals surface area (Å²) >= 11 is 1.39. The summed E-state index contributed by atoms with van der Waals surface area (Å²) in [7, 11) is 0. The monoisotopic (exact) mass is 452 g/mol. The van der Waals surface area contributed by atoms with E-state index in [1.165, 1.54) is 11.3 Å². The Hall–Kier alpha value is -2.93. The average molecular weight is 453 g/mol. The zero-order valence-corrected chi connectivity index (χ0v) is 20.5. The van der Waals surface area contributed by atoms with E-state index in [0.717, 1.165) is 16.9 Å². The van der Waals surface area contributed by atoms with Crippen LogP contribution in [0.3, 0.4) is 0 Å². The molecule has 3 rings (SSSR count). The van der Waals surface area contributed by atoms with Gasteiger partial charge in [0.2, 0.25) is 5.91 Å². The lowest BCUT2D eigenvalue weighted by atomic mass is 9.92. The van der Waals surface area contributed by atoms with Crippen molar-refractivity contribution in [3.63, 3.8) is 0 Å². The minimum atomic E-state index is -0.245. The Morgan fingerprint density at radius 2 is 1.88 bits per heavy atom. The molecule has 3 aromatic rings. The Bertz CT molecular complexity index is 1080. The molecular formula is C25H32N4O2S. The van der Waals surface area contributed by atoms with Crippen LogP contribution in [0.1, 0.15) is 55.5 Å². The largest absolute Gasteiger partial charge is 0.328 e. The molecule has 0 bridgehead atoms. The number of hydrogen-bond donors (Lipinski definition) is 1. The number of nitrogens with zero attached hydrogens (tertiary/aromatic N) is 3. The summed E-state index contributed by atoms with van der Waals surface area (Å²) in [6, 6.07) is 13.5. The summed E-state index contributed by atoms with van der Waals surface area (Å²) in [5.41, 5.74) is 2.67. The lowest BCUT2D eigenvalue weighted by Crippen LogP contribution is -2.40. The normalized spacial score (nSPS) is 11.6. The number of amides is 2. The van der Waals surface area contributed by atoms with E-state index in [0.29, 0.717) is 17.2 Å². The highest BCUT2D eigenvalue weighted by Gasteiger charge is 2.24. The maximum Gasteiger partial charge on any atom is 0.264 e. The summed E-state index contributed by atoms with van der Waals surface area (Å²) in [6.07, 6.45) is 0. The first-order valence-electron chi connectivity index (χ1n) is 10.9. The Morgan fingerprint density at radius 1 is 1.16 bits per heavy atom. The second-order valence-electron chi connectivity index (χ2n) is 9.47. The van der Waals surface area contributed by atoms with E-state index < -0.39 is 0 Å². The fourth-order valence-electron chi connectivity index (χ4n) is 3.39. The summed E-state index contributed by atoms with van der Waals surface area (Å²) in [5, 5.41) is 9.67. The third kappa shape index (κ3) is 5.65. The van der Waals surface area contributed by atoms with Gasteiger partial charge < -0.3 is 10.2 Å². The van der Waals surface area contributed by atoms with Crippen molar-refractivity contribution in [1.82, 2.24) is 14.7 Å². The Balaban J connectivity index is 1.88. The van der Waals surface area contributed by atoms with Crippen molar-refractivity contribution in [2.45, 2.75) is 47.0 Å². The van der Waals surface area contributed by atoms with E-state index in [1.54, 1.807) is 15.6 Å². The Morgan fingerprint density at radius 3 is 2.47 bits per heavy atom. The lowest BCUT2D eigenvalue weighted by molar-refractivity contribution is -0.117. The topological polar surface area (TPSA) is 67.2 Å². The third-order valence-electron chi connectivity index (χ3n) is 5.03. The number of nitrogens with one attached hydrogen (secondary N) is 1. The van der Waals surface area contributed by atoms with Gasteiger partial charge in [0.1, 0.15) is 12.4 Å². The summed E-state index contributed by atoms with van der Waals surface area (Å²) in [4.78, 5) is 28.3. The number of para-hydroxylation sites is 1. The number of aromatic nitrogens is 2. The molecule has 0 saturated carbocycles. The van der Waals surface area contributed by atoms with Gasteiger partial charge in [0.05, 0.1) is 16.3 Å². The second kappa shape index (κ2) is 9.69. The third-order valence-corrected chi connectivity index (χ3v) is 5.89. The molecule has 2 heterocycles. The van der Waals surface area contributed by atoms with Gasteiger partial charge in [0.15, 0.2) is 0 Å². The zero-order chi connectivity index (χ0) is 23.5. The van der Waals surface area contributed by atoms with E-state index in [4.69, 9.17) is 5.10 Å². The van der Waals surface area contributed by atoms with Crippen molar-refractivity contribution in [2.24, 2.45) is 5.92 Å². The molecule has 0 unspecified atom stereocenters. The molecule has 0 aliphatic rings. The summed E-state index contributed by atoms with van der Waals surface area (Å²) in [5.74, 6) is 0.483. The predicted octanol–water partition coefficient (Wildman–Crippen LogP) is 5.28. The van der Waals surface area contributed by atoms with Crippen molar-refractivity contribution in [3.05, 3.63) is 64.0 Å². The second-order valence-corrected chi connectivity index (χ2v) is 10.4. The minimum absolute atomic E-state index is 0.0152. The van der Waals surface area contributed by atoms with Crippen LogP contribution in [0, 0.1) is 12.8 Å². The lowest BCUT2D eigenvalue weighted by Gasteiger charge is -2.23. The summed E-state index contributed by atoms with van der Waals surface area (Å²) in [6.45, 7) is 12.9. The van der Waals surface area contributed by atoms with Gasteiger partial charge in [-0.15, -0.1) is 11.3 Å². The van der Waals surface area contributed by atoms with Crippen molar-refractivity contribution in [3.8, 4) is 5.69 Å². The van der Waals surface area contributed by atoms with Crippen molar-refractivity contribution in [2.75, 3.05) is 18.4 Å². The van der Waals surface area contributed by atoms with Crippen LogP contribution in [0.25, 0.3) is 5.69 Å². The molecule has 0 fully saturated rings. The molecule has 1 N–H and O–H groups in total. The van der Waals surface area contributed by atoms with Crippen LogP contribution in [0.2, 0.25) is 0 Å². The molecule has 32 heavy (non-hydrogen) atoms. The molecule has 0 radical (unpaired) electrons. The molecule has 2 amide bonds. The van der Waals surface area contributed by atoms with Gasteiger partial charge in [0, 0.05) is 18.0 Å². The van der Waals surface area contributed by atoms with Crippen LogP contribution >= 0.6 is 11.3 Å². The van der Waals surface area contributed by atoms with Gasteiger partial charge in [-0.2, -0.15) is 5.10 Å². The minimum Gasteiger partial charge on any atom is -0.328 e. The van der Waals surface area contributed by atoms with E-state index in [-0.39, 0.29) is 29.7 Å². The van der Waals surface area contributed by atoms with Gasteiger partial charge in [-0.1, -0.05) is 58.9 Å². The maximum absolute atomic E-state index is 13.1. The van der Waals surface area contributed by atoms with Crippen LogP contribution in [-0.4, -0.2) is 39.6 Å². The molecule has 7 heteroatoms. The van der Waals surface area contributed by atoms with E-state index >= 15 is 0 Å². The highest BCUT2D eigenvalue weighted by Crippen LogP contribution is 2.27. The molecule has 0 atom stereocenters. The van der Waals surface area contributed by atoms with Crippen LogP contribution < -0.4 is 5.32 Å². The fourth-order valence-corrected chi connectivity index (χ4v) is 4.08. The van der Waals surface area contributed by atoms with E-state index in [9.17, 15) is 9.59 Å². The molecule has 170 valence electrons. The van der Waals surface area contributed by atoms with Gasteiger partial charge in [-0.05, 0) is 35.9 Å². The first kappa shape index (κ1) is 23.7. The van der Waals surface area contributed by atoms with Gasteiger partial charge in [-0.25, -0.2) is 4.68 Å². The number of carbonyl (C=O) groups is 2. The molecule has 1 aromatic carbocycles. The van der Waals surface area contributed by atoms with Gasteiger partial charge >= 0.3 is 0 Å². The van der Waals surface area contributed by atoms with E-state index in [2.05, 4.69) is 26.1 Å². The SMILES string of the molecule is Cc1ccccc1-n1nc(C(C)(C)C)cc1NC(=O)CN(CC(C)C)C(=O)c1cccs1. The molecule has 0 saturated heterocycles. The first-order chi connectivity index (χ1) is 15.1. The highest BCUT2D eigenvalue weighted by molar-refractivity contribution is 7.12. The van der Waals surface area contributed by atoms with Crippen LogP contribution in [0.5, 0.6) is 0 Å². The number of hydrogen-bond acceptors (Lipinski definition) is 4. The van der Waals surface area contributed by atoms with Gasteiger partial charge in [0.25, 0.3) is 5.91 Å². The predicted molar refractivity (Wildman–Crippen MR) is 131 cm³/mol. The zero-order valence-electron chi connectivity index (χ0n) is 19.7. The summed E-state index contributed by atoms with van der Waals surface area (Å²) < 4.78 is 1.78. The smallest absolute Gasteiger partial charge is 0.264 e. The van der Waals surface area contributed by atoms with E-state index in [1.807, 2.05) is 62.5 Å². The number of benzene rings is 1. The first-order valence-corrected chi connectivity index (χ1v) is 11.7. The molecule has 0 aliphatic carbocycles. The highest BCUT2D eigenvalue weighted by atomic mass is 32.1. The molecule has 0 aliphatic heterocycles. The molecule has 6 nitrogen and oxygen atoms in total. The number of aryl methyl sites for hydroxylation is 1. The number of rotatable bonds is 7. The van der Waals surface area contributed by atoms with Crippen molar-refractivity contribution >= 4 is 29.0 Å². The van der Waals surface area contributed by atoms with Crippen LogP contribution in [0.4, 0.5) is 5.82 Å². The quantitative estimate of drug-likeness (QED) is 0.531. The van der Waals surface area contributed by atoms with Gasteiger partial charge in [-0.3, -0.25) is 9.59 Å². The maximum atomic E-state index is 13.1. The molecule has 0 spiro atoms. The van der Waals surface area contributed by atoms with Crippen LogP contribution in [-0.2, 0) is 10.2 Å². The molecule has 2 aromatic heterocycles. The average Bonchev–Trinajstić information content (AvgIpc) is 3.37. The fraction of sp³-hybridized carbons (Fsp3) is 0.400. The number of anilines is 1. The Kier molecular flexibility index (Phi) is 7.19. The molecular weight excluding hydrogens is 420 g/mol. The van der Waals surface area contributed by atoms with Crippen molar-refractivity contribution in [1.29, 1.82) is 0 Å². The van der Waals surface area contributed by atoms with Crippen molar-refractivity contribution < 1.29 is 9.59 Å². The number of thiophene rings is 1. The van der Waals surface area contributed by atoms with Crippen LogP contribution in [0.15, 0.2) is 47.8 Å². The Labute approximate surface area is 194 Å². The standard InChI is InChI=1S/C25H32N4O2S/c1-17(2)15-28(24(31)20-12-9-13-32-20)16-23(30)26-22-14-21(25(4,5)6)27-29(22)19-11-8-7-10-18(19)3/h7-14,17H,15-16H2,1-6H3,(H,26,30).